The molecule has 2 aromatic heterocycles. The molecule has 1 aliphatic rings. The molecule has 0 unspecified atom stereocenters. The average molecular weight is 231 g/mol. The van der Waals surface area contributed by atoms with E-state index < -0.39 is 0 Å². The SMILES string of the molecule is O=c1cc(C2CCCC2)nc(-c2ncn[nH]2)[nH]1. The highest BCUT2D eigenvalue weighted by molar-refractivity contribution is 5.41. The molecule has 2 aromatic rings. The van der Waals surface area contributed by atoms with Crippen molar-refractivity contribution >= 4 is 0 Å². The third-order valence-corrected chi connectivity index (χ3v) is 3.17. The van der Waals surface area contributed by atoms with Gasteiger partial charge in [-0.1, -0.05) is 12.8 Å². The van der Waals surface area contributed by atoms with Crippen molar-refractivity contribution in [3.63, 3.8) is 0 Å². The number of hydrogen-bond donors (Lipinski definition) is 2. The fourth-order valence-electron chi connectivity index (χ4n) is 2.34. The second kappa shape index (κ2) is 4.12. The number of aromatic nitrogens is 5. The van der Waals surface area contributed by atoms with Crippen LogP contribution < -0.4 is 5.56 Å². The Balaban J connectivity index is 2.03. The van der Waals surface area contributed by atoms with Gasteiger partial charge < -0.3 is 4.98 Å². The Kier molecular flexibility index (Phi) is 2.47. The molecule has 3 rings (SSSR count). The highest BCUT2D eigenvalue weighted by Gasteiger charge is 2.20. The van der Waals surface area contributed by atoms with Gasteiger partial charge in [-0.2, -0.15) is 5.10 Å². The maximum absolute atomic E-state index is 11.6. The summed E-state index contributed by atoms with van der Waals surface area (Å²) in [6, 6.07) is 1.59. The van der Waals surface area contributed by atoms with Gasteiger partial charge in [0.05, 0.1) is 5.69 Å². The van der Waals surface area contributed by atoms with Crippen LogP contribution in [-0.2, 0) is 0 Å². The molecule has 6 nitrogen and oxygen atoms in total. The summed E-state index contributed by atoms with van der Waals surface area (Å²) >= 11 is 0. The van der Waals surface area contributed by atoms with Crippen LogP contribution in [0.25, 0.3) is 11.6 Å². The van der Waals surface area contributed by atoms with Gasteiger partial charge in [0.15, 0.2) is 11.6 Å². The van der Waals surface area contributed by atoms with E-state index in [2.05, 4.69) is 25.1 Å². The van der Waals surface area contributed by atoms with Crippen molar-refractivity contribution in [2.24, 2.45) is 0 Å². The fourth-order valence-corrected chi connectivity index (χ4v) is 2.34. The molecule has 0 aromatic carbocycles. The zero-order valence-electron chi connectivity index (χ0n) is 9.31. The summed E-state index contributed by atoms with van der Waals surface area (Å²) in [4.78, 5) is 22.7. The van der Waals surface area contributed by atoms with Crippen molar-refractivity contribution in [1.82, 2.24) is 25.1 Å². The van der Waals surface area contributed by atoms with Crippen LogP contribution >= 0.6 is 0 Å². The first-order valence-electron chi connectivity index (χ1n) is 5.80. The third-order valence-electron chi connectivity index (χ3n) is 3.17. The summed E-state index contributed by atoms with van der Waals surface area (Å²) in [6.07, 6.45) is 6.07. The fraction of sp³-hybridized carbons (Fsp3) is 0.455. The number of rotatable bonds is 2. The highest BCUT2D eigenvalue weighted by atomic mass is 16.1. The largest absolute Gasteiger partial charge is 0.304 e. The molecule has 0 atom stereocenters. The first-order valence-corrected chi connectivity index (χ1v) is 5.80. The van der Waals surface area contributed by atoms with E-state index in [1.807, 2.05) is 0 Å². The Morgan fingerprint density at radius 3 is 2.76 bits per heavy atom. The second-order valence-corrected chi connectivity index (χ2v) is 4.33. The van der Waals surface area contributed by atoms with Gasteiger partial charge in [-0.25, -0.2) is 9.97 Å². The van der Waals surface area contributed by atoms with E-state index in [9.17, 15) is 4.79 Å². The molecular weight excluding hydrogens is 218 g/mol. The standard InChI is InChI=1S/C11H13N5O/c17-9-5-8(7-3-1-2-4-7)14-11(15-9)10-12-6-13-16-10/h5-7H,1-4H2,(H,12,13,16)(H,14,15,17). The molecule has 2 heterocycles. The maximum Gasteiger partial charge on any atom is 0.251 e. The van der Waals surface area contributed by atoms with Crippen molar-refractivity contribution in [2.45, 2.75) is 31.6 Å². The Morgan fingerprint density at radius 1 is 1.24 bits per heavy atom. The van der Waals surface area contributed by atoms with Gasteiger partial charge in [0.1, 0.15) is 6.33 Å². The second-order valence-electron chi connectivity index (χ2n) is 4.33. The molecular formula is C11H13N5O. The number of nitrogens with zero attached hydrogens (tertiary/aromatic N) is 3. The molecule has 0 aliphatic heterocycles. The molecule has 0 saturated heterocycles. The summed E-state index contributed by atoms with van der Waals surface area (Å²) in [5.74, 6) is 1.39. The molecule has 88 valence electrons. The molecule has 1 saturated carbocycles. The number of hydrogen-bond acceptors (Lipinski definition) is 4. The predicted molar refractivity (Wildman–Crippen MR) is 61.4 cm³/mol. The number of aromatic amines is 2. The lowest BCUT2D eigenvalue weighted by Gasteiger charge is -2.08. The van der Waals surface area contributed by atoms with Gasteiger partial charge in [0.2, 0.25) is 0 Å². The molecule has 1 aliphatic carbocycles. The van der Waals surface area contributed by atoms with Gasteiger partial charge in [-0.3, -0.25) is 9.89 Å². The van der Waals surface area contributed by atoms with E-state index in [0.29, 0.717) is 17.6 Å². The van der Waals surface area contributed by atoms with Gasteiger partial charge in [-0.15, -0.1) is 0 Å². The highest BCUT2D eigenvalue weighted by Crippen LogP contribution is 2.32. The quantitative estimate of drug-likeness (QED) is 0.813. The minimum absolute atomic E-state index is 0.131. The number of H-pyrrole nitrogens is 2. The van der Waals surface area contributed by atoms with Crippen molar-refractivity contribution in [3.05, 3.63) is 28.4 Å². The Bertz CT molecular complexity index is 553. The van der Waals surface area contributed by atoms with E-state index in [0.717, 1.165) is 18.5 Å². The van der Waals surface area contributed by atoms with Crippen LogP contribution in [0.4, 0.5) is 0 Å². The number of nitrogens with one attached hydrogen (secondary N) is 2. The van der Waals surface area contributed by atoms with Crippen molar-refractivity contribution in [1.29, 1.82) is 0 Å². The lowest BCUT2D eigenvalue weighted by atomic mass is 10.0. The predicted octanol–water partition coefficient (Wildman–Crippen LogP) is 1.21. The molecule has 0 spiro atoms. The maximum atomic E-state index is 11.6. The molecule has 2 N–H and O–H groups in total. The molecule has 6 heteroatoms. The molecule has 17 heavy (non-hydrogen) atoms. The summed E-state index contributed by atoms with van der Waals surface area (Å²) in [5.41, 5.74) is 0.742. The van der Waals surface area contributed by atoms with Crippen molar-refractivity contribution in [2.75, 3.05) is 0 Å². The first-order chi connectivity index (χ1) is 8.33. The molecule has 0 radical (unpaired) electrons. The normalized spacial score (nSPS) is 16.5. The Hall–Kier alpha value is -1.98. The topological polar surface area (TPSA) is 87.3 Å². The van der Waals surface area contributed by atoms with E-state index in [4.69, 9.17) is 0 Å². The van der Waals surface area contributed by atoms with Crippen LogP contribution in [0.15, 0.2) is 17.2 Å². The summed E-state index contributed by atoms with van der Waals surface area (Å²) in [7, 11) is 0. The van der Waals surface area contributed by atoms with Gasteiger partial charge in [-0.05, 0) is 12.8 Å². The van der Waals surface area contributed by atoms with E-state index in [1.165, 1.54) is 19.2 Å². The Morgan fingerprint density at radius 2 is 2.06 bits per heavy atom. The first kappa shape index (κ1) is 10.2. The minimum Gasteiger partial charge on any atom is -0.304 e. The van der Waals surface area contributed by atoms with Crippen molar-refractivity contribution < 1.29 is 0 Å². The van der Waals surface area contributed by atoms with Crippen LogP contribution in [-0.4, -0.2) is 25.1 Å². The van der Waals surface area contributed by atoms with Gasteiger partial charge >= 0.3 is 0 Å². The van der Waals surface area contributed by atoms with E-state index in [-0.39, 0.29) is 5.56 Å². The molecule has 1 fully saturated rings. The lowest BCUT2D eigenvalue weighted by molar-refractivity contribution is 0.692. The summed E-state index contributed by atoms with van der Waals surface area (Å²) in [5, 5.41) is 6.46. The molecule has 0 amide bonds. The van der Waals surface area contributed by atoms with Crippen LogP contribution in [0.3, 0.4) is 0 Å². The third kappa shape index (κ3) is 1.98. The van der Waals surface area contributed by atoms with Crippen molar-refractivity contribution in [3.8, 4) is 11.6 Å². The van der Waals surface area contributed by atoms with Crippen LogP contribution in [0, 0.1) is 0 Å². The minimum atomic E-state index is -0.131. The molecule has 0 bridgehead atoms. The monoisotopic (exact) mass is 231 g/mol. The summed E-state index contributed by atoms with van der Waals surface area (Å²) < 4.78 is 0. The van der Waals surface area contributed by atoms with Crippen LogP contribution in [0.1, 0.15) is 37.3 Å². The zero-order valence-corrected chi connectivity index (χ0v) is 9.31. The van der Waals surface area contributed by atoms with Gasteiger partial charge in [0, 0.05) is 12.0 Å². The summed E-state index contributed by atoms with van der Waals surface area (Å²) in [6.45, 7) is 0. The van der Waals surface area contributed by atoms with E-state index >= 15 is 0 Å². The average Bonchev–Trinajstić information content (AvgIpc) is 3.02. The van der Waals surface area contributed by atoms with Gasteiger partial charge in [0.25, 0.3) is 5.56 Å². The van der Waals surface area contributed by atoms with E-state index in [1.54, 1.807) is 6.07 Å². The Labute approximate surface area is 97.5 Å². The smallest absolute Gasteiger partial charge is 0.251 e. The zero-order chi connectivity index (χ0) is 11.7. The van der Waals surface area contributed by atoms with Crippen LogP contribution in [0.2, 0.25) is 0 Å². The van der Waals surface area contributed by atoms with Crippen LogP contribution in [0.5, 0.6) is 0 Å². The lowest BCUT2D eigenvalue weighted by Crippen LogP contribution is -2.12.